The van der Waals surface area contributed by atoms with E-state index in [2.05, 4.69) is 23.1 Å². The van der Waals surface area contributed by atoms with Gasteiger partial charge in [-0.2, -0.15) is 0 Å². The van der Waals surface area contributed by atoms with Crippen molar-refractivity contribution in [1.82, 2.24) is 0 Å². The van der Waals surface area contributed by atoms with Crippen LogP contribution >= 0.6 is 0 Å². The van der Waals surface area contributed by atoms with Crippen LogP contribution in [0.4, 0.5) is 11.4 Å². The number of piperidine rings is 1. The molecule has 2 N–H and O–H groups in total. The molecule has 2 fully saturated rings. The Morgan fingerprint density at radius 1 is 1.00 bits per heavy atom. The Bertz CT molecular complexity index is 499. The van der Waals surface area contributed by atoms with Gasteiger partial charge in [-0.25, -0.2) is 5.84 Å². The molecule has 1 saturated carbocycles. The molecule has 0 radical (unpaired) electrons. The van der Waals surface area contributed by atoms with Gasteiger partial charge in [-0.15, -0.1) is 0 Å². The molecule has 3 heteroatoms. The Labute approximate surface area is 121 Å². The molecule has 0 spiro atoms. The minimum atomic E-state index is 0.941. The first-order valence-electron chi connectivity index (χ1n) is 8.21. The minimum absolute atomic E-state index is 0.941. The standard InChI is InChI=1S/C17H25N3/c18-20-10-8-14-11-16(5-6-17(14)20)19-9-7-13-3-1-2-4-15(13)12-19/h5-6,11,13,15H,1-4,7-10,12,18H2/t13-,15+/m0/s1. The molecule has 0 aromatic heterocycles. The summed E-state index contributed by atoms with van der Waals surface area (Å²) >= 11 is 0. The minimum Gasteiger partial charge on any atom is -0.371 e. The third-order valence-corrected chi connectivity index (χ3v) is 5.65. The normalized spacial score (nSPS) is 29.2. The van der Waals surface area contributed by atoms with Crippen LogP contribution in [0.2, 0.25) is 0 Å². The number of hydrazine groups is 1. The number of anilines is 2. The van der Waals surface area contributed by atoms with E-state index in [1.807, 2.05) is 5.01 Å². The van der Waals surface area contributed by atoms with Crippen LogP contribution in [0.25, 0.3) is 0 Å². The fourth-order valence-electron chi connectivity index (χ4n) is 4.45. The van der Waals surface area contributed by atoms with Gasteiger partial charge in [-0.05, 0) is 54.9 Å². The van der Waals surface area contributed by atoms with Crippen LogP contribution in [0, 0.1) is 11.8 Å². The Balaban J connectivity index is 1.53. The lowest BCUT2D eigenvalue weighted by Gasteiger charge is -2.42. The van der Waals surface area contributed by atoms with E-state index in [0.717, 1.165) is 24.8 Å². The van der Waals surface area contributed by atoms with E-state index in [9.17, 15) is 0 Å². The Kier molecular flexibility index (Phi) is 3.10. The summed E-state index contributed by atoms with van der Waals surface area (Å²) in [5.41, 5.74) is 4.07. The van der Waals surface area contributed by atoms with E-state index in [4.69, 9.17) is 5.84 Å². The number of hydrogen-bond donors (Lipinski definition) is 1. The summed E-state index contributed by atoms with van der Waals surface area (Å²) in [5.74, 6) is 7.93. The van der Waals surface area contributed by atoms with Crippen LogP contribution in [0.5, 0.6) is 0 Å². The van der Waals surface area contributed by atoms with Gasteiger partial charge in [0.2, 0.25) is 0 Å². The Morgan fingerprint density at radius 3 is 2.75 bits per heavy atom. The highest BCUT2D eigenvalue weighted by Crippen LogP contribution is 2.38. The van der Waals surface area contributed by atoms with Crippen molar-refractivity contribution < 1.29 is 0 Å². The number of nitrogens with two attached hydrogens (primary N) is 1. The predicted molar refractivity (Wildman–Crippen MR) is 84.0 cm³/mol. The fraction of sp³-hybridized carbons (Fsp3) is 0.647. The first-order chi connectivity index (χ1) is 9.81. The van der Waals surface area contributed by atoms with E-state index < -0.39 is 0 Å². The van der Waals surface area contributed by atoms with Crippen LogP contribution in [0.3, 0.4) is 0 Å². The summed E-state index contributed by atoms with van der Waals surface area (Å²) in [6, 6.07) is 6.86. The maximum absolute atomic E-state index is 5.98. The highest BCUT2D eigenvalue weighted by atomic mass is 15.4. The predicted octanol–water partition coefficient (Wildman–Crippen LogP) is 2.94. The lowest BCUT2D eigenvalue weighted by atomic mass is 9.75. The number of rotatable bonds is 1. The Morgan fingerprint density at radius 2 is 1.85 bits per heavy atom. The van der Waals surface area contributed by atoms with Gasteiger partial charge in [0, 0.05) is 25.3 Å². The zero-order chi connectivity index (χ0) is 13.5. The van der Waals surface area contributed by atoms with Crippen molar-refractivity contribution in [2.45, 2.75) is 38.5 Å². The van der Waals surface area contributed by atoms with Crippen molar-refractivity contribution in [3.63, 3.8) is 0 Å². The summed E-state index contributed by atoms with van der Waals surface area (Å²) in [6.45, 7) is 3.48. The molecule has 2 atom stereocenters. The van der Waals surface area contributed by atoms with Gasteiger partial charge >= 0.3 is 0 Å². The van der Waals surface area contributed by atoms with Crippen LogP contribution in [-0.2, 0) is 6.42 Å². The molecule has 1 aromatic rings. The van der Waals surface area contributed by atoms with Crippen molar-refractivity contribution in [3.8, 4) is 0 Å². The number of benzene rings is 1. The summed E-state index contributed by atoms with van der Waals surface area (Å²) in [7, 11) is 0. The molecule has 1 aliphatic carbocycles. The van der Waals surface area contributed by atoms with Crippen LogP contribution in [0.1, 0.15) is 37.7 Å². The van der Waals surface area contributed by atoms with E-state index in [1.54, 1.807) is 0 Å². The molecule has 0 unspecified atom stereocenters. The second kappa shape index (κ2) is 4.96. The zero-order valence-corrected chi connectivity index (χ0v) is 12.2. The van der Waals surface area contributed by atoms with Crippen LogP contribution in [-0.4, -0.2) is 19.6 Å². The highest BCUT2D eigenvalue weighted by Gasteiger charge is 2.31. The molecule has 1 saturated heterocycles. The van der Waals surface area contributed by atoms with Gasteiger partial charge in [0.1, 0.15) is 0 Å². The largest absolute Gasteiger partial charge is 0.371 e. The van der Waals surface area contributed by atoms with Crippen molar-refractivity contribution in [3.05, 3.63) is 23.8 Å². The lowest BCUT2D eigenvalue weighted by molar-refractivity contribution is 0.202. The highest BCUT2D eigenvalue weighted by molar-refractivity contribution is 5.64. The topological polar surface area (TPSA) is 32.5 Å². The average molecular weight is 271 g/mol. The maximum atomic E-state index is 5.98. The summed E-state index contributed by atoms with van der Waals surface area (Å²) < 4.78 is 0. The average Bonchev–Trinajstić information content (AvgIpc) is 2.88. The van der Waals surface area contributed by atoms with Gasteiger partial charge in [-0.3, -0.25) is 0 Å². The van der Waals surface area contributed by atoms with E-state index >= 15 is 0 Å². The zero-order valence-electron chi connectivity index (χ0n) is 12.2. The smallest absolute Gasteiger partial charge is 0.0551 e. The van der Waals surface area contributed by atoms with Gasteiger partial charge in [0.05, 0.1) is 5.69 Å². The monoisotopic (exact) mass is 271 g/mol. The molecular weight excluding hydrogens is 246 g/mol. The molecule has 3 aliphatic rings. The van der Waals surface area contributed by atoms with E-state index in [0.29, 0.717) is 0 Å². The summed E-state index contributed by atoms with van der Waals surface area (Å²) in [4.78, 5) is 2.62. The molecule has 0 amide bonds. The van der Waals surface area contributed by atoms with E-state index in [1.165, 1.54) is 62.1 Å². The van der Waals surface area contributed by atoms with Gasteiger partial charge < -0.3 is 9.91 Å². The van der Waals surface area contributed by atoms with Crippen molar-refractivity contribution in [2.24, 2.45) is 17.7 Å². The van der Waals surface area contributed by atoms with Crippen molar-refractivity contribution >= 4 is 11.4 Å². The molecule has 3 nitrogen and oxygen atoms in total. The van der Waals surface area contributed by atoms with Crippen LogP contribution < -0.4 is 15.8 Å². The third kappa shape index (κ3) is 2.08. The SMILES string of the molecule is NN1CCc2cc(N3CC[C@@H]4CCCC[C@@H]4C3)ccc21. The van der Waals surface area contributed by atoms with Gasteiger partial charge in [0.15, 0.2) is 0 Å². The molecule has 1 aromatic carbocycles. The van der Waals surface area contributed by atoms with Crippen molar-refractivity contribution in [1.29, 1.82) is 0 Å². The molecule has 108 valence electrons. The molecule has 2 aliphatic heterocycles. The summed E-state index contributed by atoms with van der Waals surface area (Å²) in [5, 5.41) is 1.88. The van der Waals surface area contributed by atoms with Gasteiger partial charge in [0.25, 0.3) is 0 Å². The second-order valence-corrected chi connectivity index (χ2v) is 6.80. The molecule has 2 heterocycles. The molecule has 20 heavy (non-hydrogen) atoms. The lowest BCUT2D eigenvalue weighted by Crippen LogP contribution is -2.41. The quantitative estimate of drug-likeness (QED) is 0.797. The molecular formula is C17H25N3. The second-order valence-electron chi connectivity index (χ2n) is 6.80. The number of nitrogens with zero attached hydrogens (tertiary/aromatic N) is 2. The molecule has 4 rings (SSSR count). The first kappa shape index (κ1) is 12.5. The Hall–Kier alpha value is -1.22. The fourth-order valence-corrected chi connectivity index (χ4v) is 4.45. The van der Waals surface area contributed by atoms with Gasteiger partial charge in [-0.1, -0.05) is 19.3 Å². The summed E-state index contributed by atoms with van der Waals surface area (Å²) in [6.07, 6.45) is 8.32. The van der Waals surface area contributed by atoms with Crippen molar-refractivity contribution in [2.75, 3.05) is 29.5 Å². The third-order valence-electron chi connectivity index (χ3n) is 5.65. The van der Waals surface area contributed by atoms with Crippen LogP contribution in [0.15, 0.2) is 18.2 Å². The number of hydrogen-bond acceptors (Lipinski definition) is 3. The number of fused-ring (bicyclic) bond motifs is 2. The molecule has 0 bridgehead atoms. The van der Waals surface area contributed by atoms with E-state index in [-0.39, 0.29) is 0 Å². The maximum Gasteiger partial charge on any atom is 0.0551 e. The first-order valence-corrected chi connectivity index (χ1v) is 8.21.